The normalized spacial score (nSPS) is 42.5. The molecule has 6 rings (SSSR count). The molecule has 0 aromatic carbocycles. The predicted octanol–water partition coefficient (Wildman–Crippen LogP) is 3.01. The molecule has 270 valence electrons. The molecule has 10 nitrogen and oxygen atoms in total. The monoisotopic (exact) mass is 666 g/mol. The van der Waals surface area contributed by atoms with Crippen molar-refractivity contribution in [2.24, 2.45) is 52.8 Å². The molecule has 47 heavy (non-hydrogen) atoms. The maximum Gasteiger partial charge on any atom is 0.240 e. The molecule has 6 unspecified atom stereocenters. The first-order chi connectivity index (χ1) is 22.3. The fourth-order valence-electron chi connectivity index (χ4n) is 10.5. The van der Waals surface area contributed by atoms with Crippen molar-refractivity contribution in [1.29, 1.82) is 0 Å². The van der Waals surface area contributed by atoms with E-state index in [4.69, 9.17) is 9.57 Å². The average Bonchev–Trinajstić information content (AvgIpc) is 3.40. The van der Waals surface area contributed by atoms with Crippen LogP contribution in [-0.2, 0) is 19.2 Å². The topological polar surface area (TPSA) is 124 Å². The molecule has 2 bridgehead atoms. The number of fused-ring (bicyclic) bond motifs is 2. The SMILES string of the molecule is COC1C(CN2O[C@@H](CO)[C@@H]([C@H](C)O)[C@H]2C(=O)N[C@@H]2C[C@H]3C[C@@H]([C@@H]2C)C3(C)C)CCCC1C1CCC(F)C(C(=O)NCCN(C)C)C1. The highest BCUT2D eigenvalue weighted by Gasteiger charge is 2.58. The number of likely N-dealkylation sites (N-methyl/N-ethyl adjacent to an activating group) is 1. The summed E-state index contributed by atoms with van der Waals surface area (Å²) in [5.41, 5.74) is 0.305. The number of hydroxylamine groups is 2. The van der Waals surface area contributed by atoms with Crippen molar-refractivity contribution in [3.63, 3.8) is 0 Å². The zero-order chi connectivity index (χ0) is 34.2. The second kappa shape index (κ2) is 15.3. The number of aliphatic hydroxyl groups excluding tert-OH is 2. The molecule has 4 N–H and O–H groups in total. The summed E-state index contributed by atoms with van der Waals surface area (Å²) in [4.78, 5) is 35.4. The largest absolute Gasteiger partial charge is 0.394 e. The van der Waals surface area contributed by atoms with Gasteiger partial charge in [0.1, 0.15) is 18.3 Å². The maximum absolute atomic E-state index is 15.1. The number of alkyl halides is 1. The third-order valence-corrected chi connectivity index (χ3v) is 13.4. The fraction of sp³-hybridized carbons (Fsp3) is 0.944. The van der Waals surface area contributed by atoms with Crippen molar-refractivity contribution < 1.29 is 33.8 Å². The minimum atomic E-state index is -1.14. The standard InChI is InChI=1S/C36H63FN4O6/c1-20-27-16-24(36(27,3)4)17-29(20)39-35(45)32-31(21(2)43)30(19-42)47-41(32)18-23-9-8-10-25(33(23)46-7)22-11-12-28(37)26(15-22)34(44)38-13-14-40(5)6/h20-33,42-43H,8-19H2,1-7H3,(H,38,44)(H,39,45)/t20-,21-,22?,23?,24+,25?,26?,27-,28?,29+,30-,31+,32-,33?/m0/s1. The summed E-state index contributed by atoms with van der Waals surface area (Å²) >= 11 is 0. The van der Waals surface area contributed by atoms with Crippen LogP contribution >= 0.6 is 0 Å². The van der Waals surface area contributed by atoms with E-state index >= 15 is 4.39 Å². The van der Waals surface area contributed by atoms with Gasteiger partial charge in [-0.3, -0.25) is 14.4 Å². The molecular formula is C36H63FN4O6. The Labute approximate surface area is 281 Å². The van der Waals surface area contributed by atoms with Crippen LogP contribution in [0.1, 0.15) is 79.1 Å². The molecule has 11 heteroatoms. The van der Waals surface area contributed by atoms with E-state index in [1.54, 1.807) is 19.1 Å². The number of methoxy groups -OCH3 is 1. The number of halogens is 1. The molecule has 6 fully saturated rings. The third-order valence-electron chi connectivity index (χ3n) is 13.4. The highest BCUT2D eigenvalue weighted by molar-refractivity contribution is 5.83. The summed E-state index contributed by atoms with van der Waals surface area (Å²) < 4.78 is 21.3. The van der Waals surface area contributed by atoms with E-state index in [1.165, 1.54) is 6.42 Å². The zero-order valence-corrected chi connectivity index (χ0v) is 29.9. The minimum absolute atomic E-state index is 0.0404. The molecule has 0 aromatic rings. The van der Waals surface area contributed by atoms with Crippen LogP contribution in [0.4, 0.5) is 4.39 Å². The van der Waals surface area contributed by atoms with Gasteiger partial charge in [-0.25, -0.2) is 4.39 Å². The van der Waals surface area contributed by atoms with Crippen molar-refractivity contribution in [3.05, 3.63) is 0 Å². The van der Waals surface area contributed by atoms with Gasteiger partial charge in [-0.15, -0.1) is 0 Å². The van der Waals surface area contributed by atoms with E-state index in [0.29, 0.717) is 55.6 Å². The molecule has 5 saturated carbocycles. The number of carbonyl (C=O) groups excluding carboxylic acids is 2. The lowest BCUT2D eigenvalue weighted by Gasteiger charge is -2.62. The first-order valence-electron chi connectivity index (χ1n) is 18.4. The van der Waals surface area contributed by atoms with Gasteiger partial charge in [-0.2, -0.15) is 5.06 Å². The quantitative estimate of drug-likeness (QED) is 0.251. The van der Waals surface area contributed by atoms with E-state index < -0.39 is 36.3 Å². The van der Waals surface area contributed by atoms with E-state index in [1.807, 2.05) is 19.0 Å². The number of nitrogens with one attached hydrogen (secondary N) is 2. The van der Waals surface area contributed by atoms with Crippen molar-refractivity contribution >= 4 is 11.8 Å². The van der Waals surface area contributed by atoms with Gasteiger partial charge in [0.05, 0.1) is 24.7 Å². The Hall–Kier alpha value is -1.37. The van der Waals surface area contributed by atoms with Crippen molar-refractivity contribution in [3.8, 4) is 0 Å². The number of hydrogen-bond donors (Lipinski definition) is 4. The summed E-state index contributed by atoms with van der Waals surface area (Å²) in [6.07, 6.45) is 3.77. The summed E-state index contributed by atoms with van der Waals surface area (Å²) in [5, 5.41) is 29.2. The Morgan fingerprint density at radius 2 is 1.87 bits per heavy atom. The van der Waals surface area contributed by atoms with Crippen LogP contribution in [0.3, 0.4) is 0 Å². The number of hydrogen-bond acceptors (Lipinski definition) is 8. The molecule has 5 aliphatic carbocycles. The number of rotatable bonds is 12. The number of aliphatic hydroxyl groups is 2. The third kappa shape index (κ3) is 7.55. The van der Waals surface area contributed by atoms with Crippen LogP contribution < -0.4 is 10.6 Å². The lowest BCUT2D eigenvalue weighted by atomic mass is 9.45. The Morgan fingerprint density at radius 1 is 1.13 bits per heavy atom. The number of carbonyl (C=O) groups is 2. The van der Waals surface area contributed by atoms with Crippen LogP contribution in [0.5, 0.6) is 0 Å². The summed E-state index contributed by atoms with van der Waals surface area (Å²) in [5.74, 6) is 0.345. The first kappa shape index (κ1) is 36.9. The zero-order valence-electron chi connectivity index (χ0n) is 29.9. The fourth-order valence-corrected chi connectivity index (χ4v) is 10.5. The highest BCUT2D eigenvalue weighted by atomic mass is 19.1. The smallest absolute Gasteiger partial charge is 0.240 e. The second-order valence-electron chi connectivity index (χ2n) is 16.6. The highest BCUT2D eigenvalue weighted by Crippen LogP contribution is 2.61. The Balaban J connectivity index is 1.28. The Morgan fingerprint density at radius 3 is 2.49 bits per heavy atom. The van der Waals surface area contributed by atoms with Crippen LogP contribution in [0.2, 0.25) is 0 Å². The molecule has 2 amide bonds. The first-order valence-corrected chi connectivity index (χ1v) is 18.4. The molecule has 1 heterocycles. The molecule has 1 aliphatic heterocycles. The van der Waals surface area contributed by atoms with Gasteiger partial charge in [0.25, 0.3) is 0 Å². The Kier molecular flexibility index (Phi) is 12.0. The molecular weight excluding hydrogens is 603 g/mol. The van der Waals surface area contributed by atoms with Crippen LogP contribution in [0.25, 0.3) is 0 Å². The summed E-state index contributed by atoms with van der Waals surface area (Å²) in [7, 11) is 5.62. The van der Waals surface area contributed by atoms with E-state index in [0.717, 1.165) is 32.1 Å². The lowest BCUT2D eigenvalue weighted by molar-refractivity contribution is -0.193. The maximum atomic E-state index is 15.1. The van der Waals surface area contributed by atoms with Crippen LogP contribution in [-0.4, -0.2) is 116 Å². The van der Waals surface area contributed by atoms with Gasteiger partial charge in [0, 0.05) is 44.6 Å². The van der Waals surface area contributed by atoms with E-state index in [-0.39, 0.29) is 48.3 Å². The van der Waals surface area contributed by atoms with Crippen molar-refractivity contribution in [1.82, 2.24) is 20.6 Å². The number of nitrogens with zero attached hydrogens (tertiary/aromatic N) is 2. The number of amides is 2. The second-order valence-corrected chi connectivity index (χ2v) is 16.6. The van der Waals surface area contributed by atoms with Gasteiger partial charge in [0.2, 0.25) is 11.8 Å². The molecule has 0 aromatic heterocycles. The molecule has 0 radical (unpaired) electrons. The van der Waals surface area contributed by atoms with Crippen molar-refractivity contribution in [2.75, 3.05) is 47.4 Å². The number of ether oxygens (including phenoxy) is 1. The Bertz CT molecular complexity index is 1080. The van der Waals surface area contributed by atoms with Crippen molar-refractivity contribution in [2.45, 2.75) is 116 Å². The predicted molar refractivity (Wildman–Crippen MR) is 178 cm³/mol. The molecule has 0 spiro atoms. The van der Waals surface area contributed by atoms with Crippen LogP contribution in [0, 0.1) is 52.8 Å². The summed E-state index contributed by atoms with van der Waals surface area (Å²) in [6, 6.07) is -0.658. The average molecular weight is 667 g/mol. The van der Waals surface area contributed by atoms with Gasteiger partial charge >= 0.3 is 0 Å². The van der Waals surface area contributed by atoms with Gasteiger partial charge in [-0.05, 0) is 101 Å². The summed E-state index contributed by atoms with van der Waals surface area (Å²) in [6.45, 7) is 9.95. The molecule has 1 saturated heterocycles. The molecule has 14 atom stereocenters. The molecule has 6 aliphatic rings. The van der Waals surface area contributed by atoms with Gasteiger partial charge < -0.3 is 30.5 Å². The van der Waals surface area contributed by atoms with Crippen LogP contribution in [0.15, 0.2) is 0 Å². The lowest BCUT2D eigenvalue weighted by Crippen LogP contribution is -2.62. The minimum Gasteiger partial charge on any atom is -0.394 e. The van der Waals surface area contributed by atoms with Gasteiger partial charge in [-0.1, -0.05) is 27.2 Å². The van der Waals surface area contributed by atoms with E-state index in [9.17, 15) is 19.8 Å². The van der Waals surface area contributed by atoms with Gasteiger partial charge in [0.15, 0.2) is 0 Å². The van der Waals surface area contributed by atoms with E-state index in [2.05, 4.69) is 31.4 Å².